The molecule has 12 heteroatoms. The van der Waals surface area contributed by atoms with Crippen molar-refractivity contribution in [2.45, 2.75) is 63.4 Å². The van der Waals surface area contributed by atoms with Gasteiger partial charge in [-0.3, -0.25) is 34.0 Å². The quantitative estimate of drug-likeness (QED) is 0.525. The Morgan fingerprint density at radius 1 is 1.13 bits per heavy atom. The number of ether oxygens (including phenoxy) is 2. The Kier molecular flexibility index (Phi) is 7.23. The highest BCUT2D eigenvalue weighted by molar-refractivity contribution is 6.06. The van der Waals surface area contributed by atoms with Crippen LogP contribution < -0.4 is 10.6 Å². The van der Waals surface area contributed by atoms with Gasteiger partial charge in [-0.1, -0.05) is 24.3 Å². The third kappa shape index (κ3) is 4.91. The number of benzene rings is 1. The number of cyclic esters (lactones) is 1. The third-order valence-electron chi connectivity index (χ3n) is 6.98. The topological polar surface area (TPSA) is 147 Å². The molecule has 2 aromatic rings. The number of carbonyl (C=O) groups excluding carboxylic acids is 5. The standard InChI is InChI=1S/C26H29N5O7/c1-2-37-26-18(14-21(33)38-26)29-23(34)19-8-5-13-30-20(32)10-9-17(25(36)31(19)30)28-24(35)22-16-7-4-3-6-15(16)11-12-27-22/h3-4,6-7,11-12,17-19,26H,2,5,8-10,13-14H2,1H3,(H,28,35)(H,29,34)/t17-,18?,19-,26+/m0/s1. The van der Waals surface area contributed by atoms with E-state index in [9.17, 15) is 24.0 Å². The van der Waals surface area contributed by atoms with Crippen molar-refractivity contribution in [2.24, 2.45) is 0 Å². The number of nitrogens with one attached hydrogen (secondary N) is 2. The van der Waals surface area contributed by atoms with E-state index in [2.05, 4.69) is 15.6 Å². The molecule has 38 heavy (non-hydrogen) atoms. The number of rotatable bonds is 6. The zero-order valence-corrected chi connectivity index (χ0v) is 20.9. The zero-order chi connectivity index (χ0) is 26.8. The summed E-state index contributed by atoms with van der Waals surface area (Å²) in [7, 11) is 0. The summed E-state index contributed by atoms with van der Waals surface area (Å²) in [6.07, 6.45) is 1.49. The van der Waals surface area contributed by atoms with Crippen LogP contribution in [-0.2, 0) is 28.7 Å². The lowest BCUT2D eigenvalue weighted by molar-refractivity contribution is -0.177. The van der Waals surface area contributed by atoms with Gasteiger partial charge in [-0.25, -0.2) is 5.01 Å². The van der Waals surface area contributed by atoms with Crippen molar-refractivity contribution in [3.05, 3.63) is 42.2 Å². The lowest BCUT2D eigenvalue weighted by Gasteiger charge is -2.43. The van der Waals surface area contributed by atoms with Crippen LogP contribution in [0.15, 0.2) is 36.5 Å². The summed E-state index contributed by atoms with van der Waals surface area (Å²) in [6.45, 7) is 2.31. The van der Waals surface area contributed by atoms with Gasteiger partial charge in [-0.2, -0.15) is 0 Å². The fraction of sp³-hybridized carbons (Fsp3) is 0.462. The highest BCUT2D eigenvalue weighted by Crippen LogP contribution is 2.26. The second kappa shape index (κ2) is 10.7. The lowest BCUT2D eigenvalue weighted by Crippen LogP contribution is -2.64. The van der Waals surface area contributed by atoms with Crippen molar-refractivity contribution in [1.82, 2.24) is 25.6 Å². The van der Waals surface area contributed by atoms with Crippen LogP contribution in [0.5, 0.6) is 0 Å². The smallest absolute Gasteiger partial charge is 0.310 e. The first-order valence-corrected chi connectivity index (χ1v) is 12.8. The third-order valence-corrected chi connectivity index (χ3v) is 6.98. The van der Waals surface area contributed by atoms with Crippen molar-refractivity contribution in [3.63, 3.8) is 0 Å². The van der Waals surface area contributed by atoms with Gasteiger partial charge in [0.1, 0.15) is 23.8 Å². The molecule has 1 aromatic carbocycles. The molecule has 3 saturated heterocycles. The Hall–Kier alpha value is -4.06. The molecule has 1 unspecified atom stereocenters. The molecule has 5 rings (SSSR count). The van der Waals surface area contributed by atoms with E-state index in [0.717, 1.165) is 5.39 Å². The van der Waals surface area contributed by atoms with Crippen LogP contribution in [0.1, 0.15) is 49.5 Å². The summed E-state index contributed by atoms with van der Waals surface area (Å²) >= 11 is 0. The molecule has 12 nitrogen and oxygen atoms in total. The van der Waals surface area contributed by atoms with Gasteiger partial charge >= 0.3 is 5.97 Å². The maximum atomic E-state index is 13.7. The SMILES string of the molecule is CCO[C@@H]1OC(=O)CC1NC(=O)[C@@H]1CCCN2C(=O)CC[C@H](NC(=O)c3nccc4ccccc34)C(=O)N12. The monoisotopic (exact) mass is 523 g/mol. The summed E-state index contributed by atoms with van der Waals surface area (Å²) in [4.78, 5) is 69.3. The number of hydrogen-bond donors (Lipinski definition) is 2. The molecule has 0 radical (unpaired) electrons. The van der Waals surface area contributed by atoms with E-state index in [-0.39, 0.29) is 44.0 Å². The predicted octanol–water partition coefficient (Wildman–Crippen LogP) is 0.656. The van der Waals surface area contributed by atoms with E-state index >= 15 is 0 Å². The average molecular weight is 524 g/mol. The normalized spacial score (nSPS) is 25.6. The molecule has 200 valence electrons. The maximum absolute atomic E-state index is 13.7. The number of hydrazine groups is 1. The molecule has 0 saturated carbocycles. The average Bonchev–Trinajstić information content (AvgIpc) is 3.21. The first-order valence-electron chi connectivity index (χ1n) is 12.8. The summed E-state index contributed by atoms with van der Waals surface area (Å²) < 4.78 is 10.5. The molecular formula is C26H29N5O7. The molecule has 0 spiro atoms. The first kappa shape index (κ1) is 25.6. The molecule has 4 heterocycles. The van der Waals surface area contributed by atoms with Crippen molar-refractivity contribution in [3.8, 4) is 0 Å². The van der Waals surface area contributed by atoms with Crippen LogP contribution in [0.3, 0.4) is 0 Å². The van der Waals surface area contributed by atoms with Gasteiger partial charge in [0.05, 0.1) is 6.42 Å². The minimum Gasteiger partial charge on any atom is -0.433 e. The van der Waals surface area contributed by atoms with E-state index in [1.807, 2.05) is 12.1 Å². The van der Waals surface area contributed by atoms with Crippen LogP contribution in [0.2, 0.25) is 0 Å². The van der Waals surface area contributed by atoms with Crippen molar-refractivity contribution in [1.29, 1.82) is 0 Å². The number of pyridine rings is 1. The summed E-state index contributed by atoms with van der Waals surface area (Å²) in [6, 6.07) is 6.33. The zero-order valence-electron chi connectivity index (χ0n) is 20.9. The van der Waals surface area contributed by atoms with E-state index in [4.69, 9.17) is 9.47 Å². The summed E-state index contributed by atoms with van der Waals surface area (Å²) in [5.41, 5.74) is 0.170. The van der Waals surface area contributed by atoms with Crippen molar-refractivity contribution < 1.29 is 33.4 Å². The fourth-order valence-electron chi connectivity index (χ4n) is 5.18. The van der Waals surface area contributed by atoms with Crippen LogP contribution in [0.4, 0.5) is 0 Å². The molecule has 4 amide bonds. The number of carbonyl (C=O) groups is 5. The minimum absolute atomic E-state index is 0.0296. The molecule has 0 bridgehead atoms. The van der Waals surface area contributed by atoms with Gasteiger partial charge in [0.2, 0.25) is 18.1 Å². The molecule has 3 aliphatic rings. The molecule has 0 aliphatic carbocycles. The highest BCUT2D eigenvalue weighted by atomic mass is 16.7. The second-order valence-corrected chi connectivity index (χ2v) is 9.44. The van der Waals surface area contributed by atoms with E-state index in [1.165, 1.54) is 16.2 Å². The highest BCUT2D eigenvalue weighted by Gasteiger charge is 2.46. The Labute approximate surface area is 218 Å². The van der Waals surface area contributed by atoms with Gasteiger partial charge in [0, 0.05) is 31.2 Å². The summed E-state index contributed by atoms with van der Waals surface area (Å²) in [5.74, 6) is -2.41. The van der Waals surface area contributed by atoms with Crippen LogP contribution in [0.25, 0.3) is 10.8 Å². The number of fused-ring (bicyclic) bond motifs is 2. The van der Waals surface area contributed by atoms with Crippen LogP contribution >= 0.6 is 0 Å². The number of aromatic nitrogens is 1. The molecule has 3 aliphatic heterocycles. The van der Waals surface area contributed by atoms with E-state index < -0.39 is 48.1 Å². The van der Waals surface area contributed by atoms with E-state index in [1.54, 1.807) is 25.1 Å². The Bertz CT molecular complexity index is 1280. The predicted molar refractivity (Wildman–Crippen MR) is 132 cm³/mol. The Morgan fingerprint density at radius 2 is 1.95 bits per heavy atom. The molecule has 4 atom stereocenters. The molecule has 1 aromatic heterocycles. The van der Waals surface area contributed by atoms with Gasteiger partial charge < -0.3 is 20.1 Å². The van der Waals surface area contributed by atoms with Gasteiger partial charge in [-0.15, -0.1) is 0 Å². The lowest BCUT2D eigenvalue weighted by atomic mass is 10.0. The van der Waals surface area contributed by atoms with Crippen molar-refractivity contribution >= 4 is 40.4 Å². The minimum atomic E-state index is -1.03. The summed E-state index contributed by atoms with van der Waals surface area (Å²) in [5, 5.41) is 9.45. The molecule has 2 N–H and O–H groups in total. The van der Waals surface area contributed by atoms with Crippen LogP contribution in [-0.4, -0.2) is 82.2 Å². The first-order chi connectivity index (χ1) is 18.4. The fourth-order valence-corrected chi connectivity index (χ4v) is 5.18. The van der Waals surface area contributed by atoms with E-state index in [0.29, 0.717) is 18.2 Å². The van der Waals surface area contributed by atoms with Gasteiger partial charge in [-0.05, 0) is 37.6 Å². The number of esters is 1. The second-order valence-electron chi connectivity index (χ2n) is 9.44. The molecular weight excluding hydrogens is 494 g/mol. The Balaban J connectivity index is 1.36. The Morgan fingerprint density at radius 3 is 2.76 bits per heavy atom. The number of nitrogens with zero attached hydrogens (tertiary/aromatic N) is 3. The van der Waals surface area contributed by atoms with Gasteiger partial charge in [0.25, 0.3) is 11.8 Å². The van der Waals surface area contributed by atoms with Crippen molar-refractivity contribution in [2.75, 3.05) is 13.2 Å². The molecule has 3 fully saturated rings. The number of amides is 4. The number of hydrogen-bond acceptors (Lipinski definition) is 8. The van der Waals surface area contributed by atoms with Crippen LogP contribution in [0, 0.1) is 0 Å². The maximum Gasteiger partial charge on any atom is 0.310 e. The van der Waals surface area contributed by atoms with Gasteiger partial charge in [0.15, 0.2) is 0 Å². The largest absolute Gasteiger partial charge is 0.433 e.